The van der Waals surface area contributed by atoms with Crippen molar-refractivity contribution in [2.24, 2.45) is 0 Å². The van der Waals surface area contributed by atoms with E-state index in [1.165, 1.54) is 7.11 Å². The first kappa shape index (κ1) is 13.1. The number of hydrogen-bond acceptors (Lipinski definition) is 6. The van der Waals surface area contributed by atoms with Crippen LogP contribution in [0.2, 0.25) is 0 Å². The zero-order valence-corrected chi connectivity index (χ0v) is 10.9. The van der Waals surface area contributed by atoms with E-state index in [2.05, 4.69) is 15.4 Å². The Morgan fingerprint density at radius 2 is 2.11 bits per heavy atom. The first-order chi connectivity index (χ1) is 9.08. The van der Waals surface area contributed by atoms with Gasteiger partial charge < -0.3 is 14.5 Å². The Labute approximate surface area is 111 Å². The lowest BCUT2D eigenvalue weighted by molar-refractivity contribution is 0.0600. The van der Waals surface area contributed by atoms with E-state index >= 15 is 0 Å². The lowest BCUT2D eigenvalue weighted by atomic mass is 10.1. The number of methoxy groups -OCH3 is 1. The monoisotopic (exact) mass is 257 g/mol. The van der Waals surface area contributed by atoms with Gasteiger partial charge in [-0.25, -0.2) is 9.78 Å². The van der Waals surface area contributed by atoms with E-state index in [4.69, 9.17) is 17.2 Å². The van der Waals surface area contributed by atoms with Gasteiger partial charge in [0.2, 0.25) is 7.98 Å². The summed E-state index contributed by atoms with van der Waals surface area (Å²) in [5.74, 6) is -0.217. The number of esters is 1. The molecule has 0 aliphatic rings. The van der Waals surface area contributed by atoms with Crippen LogP contribution >= 0.6 is 0 Å². The van der Waals surface area contributed by atoms with Gasteiger partial charge in [-0.2, -0.15) is 0 Å². The fourth-order valence-electron chi connectivity index (χ4n) is 1.73. The topological polar surface area (TPSA) is 77.2 Å². The van der Waals surface area contributed by atoms with Crippen molar-refractivity contribution in [1.29, 1.82) is 0 Å². The fourth-order valence-corrected chi connectivity index (χ4v) is 1.73. The van der Waals surface area contributed by atoms with Crippen molar-refractivity contribution < 1.29 is 14.1 Å². The number of carbonyl (C=O) groups is 1. The van der Waals surface area contributed by atoms with Gasteiger partial charge in [0.25, 0.3) is 0 Å². The summed E-state index contributed by atoms with van der Waals surface area (Å²) in [6.45, 7) is 3.46. The first-order valence-electron chi connectivity index (χ1n) is 5.57. The first-order valence-corrected chi connectivity index (χ1v) is 5.57. The smallest absolute Gasteiger partial charge is 0.343 e. The van der Waals surface area contributed by atoms with Crippen LogP contribution in [0.25, 0.3) is 11.5 Å². The highest BCUT2D eigenvalue weighted by Crippen LogP contribution is 2.27. The van der Waals surface area contributed by atoms with Gasteiger partial charge in [-0.3, -0.25) is 0 Å². The van der Waals surface area contributed by atoms with E-state index in [9.17, 15) is 4.79 Å². The molecule has 0 saturated carbocycles. The van der Waals surface area contributed by atoms with Gasteiger partial charge >= 0.3 is 5.97 Å². The molecule has 2 aromatic rings. The van der Waals surface area contributed by atoms with Crippen LogP contribution in [0.1, 0.15) is 21.7 Å². The van der Waals surface area contributed by atoms with Gasteiger partial charge in [0.1, 0.15) is 11.3 Å². The highest BCUT2D eigenvalue weighted by Gasteiger charge is 2.23. The molecule has 2 aromatic heterocycles. The van der Waals surface area contributed by atoms with E-state index in [0.717, 1.165) is 0 Å². The third-order valence-electron chi connectivity index (χ3n) is 2.73. The van der Waals surface area contributed by atoms with Crippen molar-refractivity contribution in [3.05, 3.63) is 29.1 Å². The lowest BCUT2D eigenvalue weighted by Crippen LogP contribution is -2.04. The molecule has 0 bridgehead atoms. The molecule has 0 saturated heterocycles. The molecule has 6 nitrogen and oxygen atoms in total. The van der Waals surface area contributed by atoms with Crippen molar-refractivity contribution in [3.8, 4) is 11.5 Å². The summed E-state index contributed by atoms with van der Waals surface area (Å²) in [4.78, 5) is 16.0. The average molecular weight is 257 g/mol. The molecule has 2 radical (unpaired) electrons. The van der Waals surface area contributed by atoms with Crippen molar-refractivity contribution in [3.63, 3.8) is 0 Å². The van der Waals surface area contributed by atoms with Crippen LogP contribution in [-0.4, -0.2) is 31.2 Å². The van der Waals surface area contributed by atoms with Crippen LogP contribution in [0.15, 0.2) is 16.7 Å². The van der Waals surface area contributed by atoms with Gasteiger partial charge in [0.05, 0.1) is 18.5 Å². The number of nitrogens with zero attached hydrogens (tertiary/aromatic N) is 2. The minimum Gasteiger partial charge on any atom is -0.465 e. The molecule has 0 unspecified atom stereocenters. The maximum atomic E-state index is 11.7. The van der Waals surface area contributed by atoms with Gasteiger partial charge in [-0.15, -0.1) is 0 Å². The number of nitrogens with one attached hydrogen (secondary N) is 1. The van der Waals surface area contributed by atoms with Crippen molar-refractivity contribution in [2.45, 2.75) is 13.8 Å². The van der Waals surface area contributed by atoms with Gasteiger partial charge in [-0.05, 0) is 26.0 Å². The number of ether oxygens (including phenoxy) is 1. The second-order valence-electron chi connectivity index (χ2n) is 3.94. The largest absolute Gasteiger partial charge is 0.465 e. The summed E-state index contributed by atoms with van der Waals surface area (Å²) >= 11 is 0. The van der Waals surface area contributed by atoms with Gasteiger partial charge in [0, 0.05) is 5.69 Å². The molecule has 0 atom stereocenters. The minimum atomic E-state index is -0.505. The molecule has 0 spiro atoms. The molecule has 19 heavy (non-hydrogen) atoms. The normalized spacial score (nSPS) is 10.3. The van der Waals surface area contributed by atoms with Crippen molar-refractivity contribution in [1.82, 2.24) is 10.1 Å². The molecule has 7 heteroatoms. The summed E-state index contributed by atoms with van der Waals surface area (Å²) in [6, 6.07) is 3.44. The number of carbonyl (C=O) groups excluding carboxylic acids is 1. The number of rotatable bonds is 3. The van der Waals surface area contributed by atoms with Crippen molar-refractivity contribution in [2.75, 3.05) is 12.3 Å². The predicted molar refractivity (Wildman–Crippen MR) is 69.9 cm³/mol. The highest BCUT2D eigenvalue weighted by atomic mass is 16.5. The number of aromatic nitrogens is 2. The van der Waals surface area contributed by atoms with E-state index in [1.807, 2.05) is 0 Å². The number of anilines is 1. The molecule has 96 valence electrons. The van der Waals surface area contributed by atoms with Crippen LogP contribution in [0.3, 0.4) is 0 Å². The van der Waals surface area contributed by atoms with Crippen LogP contribution in [0, 0.1) is 13.8 Å². The standard InChI is InChI=1S/C12H12BN3O3/c1-6-8(15-13)4-5-9(14-6)11-10(12(17)18-3)7(2)16-19-11/h4-5,15H,1-3H3. The van der Waals surface area contributed by atoms with E-state index in [1.54, 1.807) is 26.0 Å². The van der Waals surface area contributed by atoms with Crippen LogP contribution in [0.5, 0.6) is 0 Å². The fraction of sp³-hybridized carbons (Fsp3) is 0.250. The maximum absolute atomic E-state index is 11.7. The zero-order chi connectivity index (χ0) is 14.0. The van der Waals surface area contributed by atoms with Crippen LogP contribution in [-0.2, 0) is 4.74 Å². The molecule has 1 N–H and O–H groups in total. The summed E-state index contributed by atoms with van der Waals surface area (Å²) < 4.78 is 9.88. The Hall–Kier alpha value is -2.31. The Morgan fingerprint density at radius 1 is 1.37 bits per heavy atom. The Kier molecular flexibility index (Phi) is 3.55. The number of hydrogen-bond donors (Lipinski definition) is 1. The summed E-state index contributed by atoms with van der Waals surface area (Å²) in [6.07, 6.45) is 0. The minimum absolute atomic E-state index is 0.280. The number of pyridine rings is 1. The quantitative estimate of drug-likeness (QED) is 0.665. The molecular weight excluding hydrogens is 245 g/mol. The molecule has 0 aliphatic heterocycles. The second kappa shape index (κ2) is 5.13. The summed E-state index contributed by atoms with van der Waals surface area (Å²) in [5, 5.41) is 6.31. The molecule has 0 amide bonds. The Morgan fingerprint density at radius 3 is 2.68 bits per heavy atom. The Bertz CT molecular complexity index is 625. The SMILES string of the molecule is [B]Nc1ccc(-c2onc(C)c2C(=O)OC)nc1C. The Balaban J connectivity index is 2.53. The van der Waals surface area contributed by atoms with E-state index in [-0.39, 0.29) is 11.3 Å². The zero-order valence-electron chi connectivity index (χ0n) is 10.9. The highest BCUT2D eigenvalue weighted by molar-refractivity contribution is 6.16. The molecule has 2 rings (SSSR count). The van der Waals surface area contributed by atoms with Gasteiger partial charge in [0.15, 0.2) is 5.76 Å². The summed E-state index contributed by atoms with van der Waals surface area (Å²) in [7, 11) is 6.65. The molecule has 2 heterocycles. The third kappa shape index (κ3) is 2.31. The lowest BCUT2D eigenvalue weighted by Gasteiger charge is -2.06. The molecule has 0 aromatic carbocycles. The van der Waals surface area contributed by atoms with Crippen molar-refractivity contribution >= 4 is 19.6 Å². The molecule has 0 aliphatic carbocycles. The van der Waals surface area contributed by atoms with E-state index in [0.29, 0.717) is 22.8 Å². The molecule has 0 fully saturated rings. The predicted octanol–water partition coefficient (Wildman–Crippen LogP) is 1.64. The van der Waals surface area contributed by atoms with Crippen LogP contribution in [0.4, 0.5) is 5.69 Å². The summed E-state index contributed by atoms with van der Waals surface area (Å²) in [5.41, 5.74) is 2.62. The average Bonchev–Trinajstić information content (AvgIpc) is 2.79. The van der Waals surface area contributed by atoms with Gasteiger partial charge in [-0.1, -0.05) is 5.16 Å². The molecular formula is C12H12BN3O3. The van der Waals surface area contributed by atoms with E-state index < -0.39 is 5.97 Å². The maximum Gasteiger partial charge on any atom is 0.343 e. The number of aryl methyl sites for hydroxylation is 2. The van der Waals surface area contributed by atoms with Crippen LogP contribution < -0.4 is 5.23 Å². The second-order valence-corrected chi connectivity index (χ2v) is 3.94. The third-order valence-corrected chi connectivity index (χ3v) is 2.73.